The highest BCUT2D eigenvalue weighted by Gasteiger charge is 2.33. The van der Waals surface area contributed by atoms with E-state index in [0.29, 0.717) is 5.56 Å². The monoisotopic (exact) mass is 320 g/mol. The minimum atomic E-state index is -4.94. The molecule has 0 N–H and O–H groups in total. The maximum Gasteiger partial charge on any atom is 0.573 e. The molecule has 0 unspecified atom stereocenters. The lowest BCUT2D eigenvalue weighted by atomic mass is 10.1. The van der Waals surface area contributed by atoms with Gasteiger partial charge in [0.1, 0.15) is 11.3 Å². The molecule has 8 heteroatoms. The highest BCUT2D eigenvalue weighted by atomic mass is 19.4. The zero-order chi connectivity index (χ0) is 16.8. The predicted molar refractivity (Wildman–Crippen MR) is 69.4 cm³/mol. The summed E-state index contributed by atoms with van der Waals surface area (Å²) >= 11 is 0. The third kappa shape index (κ3) is 5.63. The molecule has 0 atom stereocenters. The SMILES string of the molecule is CCOC(=O)c1ccc(CCC(=O)OC)cc1OC(F)(F)F. The number of aryl methyl sites for hydroxylation is 1. The van der Waals surface area contributed by atoms with Gasteiger partial charge in [0.2, 0.25) is 0 Å². The van der Waals surface area contributed by atoms with Crippen LogP contribution in [0.3, 0.4) is 0 Å². The van der Waals surface area contributed by atoms with Gasteiger partial charge in [0, 0.05) is 6.42 Å². The second-order valence-corrected chi connectivity index (χ2v) is 4.17. The smallest absolute Gasteiger partial charge is 0.469 e. The van der Waals surface area contributed by atoms with Gasteiger partial charge in [-0.1, -0.05) is 6.07 Å². The Morgan fingerprint density at radius 3 is 2.45 bits per heavy atom. The van der Waals surface area contributed by atoms with Gasteiger partial charge in [0.05, 0.1) is 13.7 Å². The average molecular weight is 320 g/mol. The van der Waals surface area contributed by atoms with Crippen LogP contribution in [0.25, 0.3) is 0 Å². The van der Waals surface area contributed by atoms with Gasteiger partial charge < -0.3 is 14.2 Å². The number of hydrogen-bond donors (Lipinski definition) is 0. The van der Waals surface area contributed by atoms with Crippen LogP contribution in [0.4, 0.5) is 13.2 Å². The fourth-order valence-electron chi connectivity index (χ4n) is 1.66. The minimum Gasteiger partial charge on any atom is -0.469 e. The van der Waals surface area contributed by atoms with Gasteiger partial charge in [0.25, 0.3) is 0 Å². The molecule has 0 amide bonds. The molecule has 0 saturated heterocycles. The minimum absolute atomic E-state index is 0.000705. The van der Waals surface area contributed by atoms with E-state index in [4.69, 9.17) is 0 Å². The average Bonchev–Trinajstić information content (AvgIpc) is 2.43. The van der Waals surface area contributed by atoms with E-state index in [2.05, 4.69) is 14.2 Å². The van der Waals surface area contributed by atoms with E-state index in [1.54, 1.807) is 0 Å². The van der Waals surface area contributed by atoms with Crippen molar-refractivity contribution in [1.82, 2.24) is 0 Å². The van der Waals surface area contributed by atoms with Gasteiger partial charge in [-0.25, -0.2) is 4.79 Å². The Balaban J connectivity index is 3.03. The van der Waals surface area contributed by atoms with Crippen molar-refractivity contribution in [2.75, 3.05) is 13.7 Å². The molecule has 0 aliphatic carbocycles. The Labute approximate surface area is 125 Å². The normalized spacial score (nSPS) is 11.0. The van der Waals surface area contributed by atoms with E-state index in [1.807, 2.05) is 0 Å². The molecule has 1 rings (SSSR count). The summed E-state index contributed by atoms with van der Waals surface area (Å²) in [5, 5.41) is 0. The van der Waals surface area contributed by atoms with E-state index >= 15 is 0 Å². The number of halogens is 3. The maximum absolute atomic E-state index is 12.4. The van der Waals surface area contributed by atoms with E-state index in [0.717, 1.165) is 6.07 Å². The highest BCUT2D eigenvalue weighted by molar-refractivity contribution is 5.92. The standard InChI is InChI=1S/C14H15F3O5/c1-3-21-13(19)10-6-4-9(5-7-12(18)20-2)8-11(10)22-14(15,16)17/h4,6,8H,3,5,7H2,1-2H3. The molecule has 0 aliphatic heterocycles. The summed E-state index contributed by atoms with van der Waals surface area (Å²) in [5.41, 5.74) is 0.0682. The molecule has 0 saturated carbocycles. The Hall–Kier alpha value is -2.25. The van der Waals surface area contributed by atoms with Crippen LogP contribution in [0.5, 0.6) is 5.75 Å². The number of rotatable bonds is 6. The van der Waals surface area contributed by atoms with Crippen LogP contribution in [-0.2, 0) is 20.7 Å². The van der Waals surface area contributed by atoms with Crippen LogP contribution in [0.2, 0.25) is 0 Å². The molecular weight excluding hydrogens is 305 g/mol. The van der Waals surface area contributed by atoms with Gasteiger partial charge in [-0.3, -0.25) is 4.79 Å². The van der Waals surface area contributed by atoms with Crippen LogP contribution in [0, 0.1) is 0 Å². The molecule has 22 heavy (non-hydrogen) atoms. The first-order valence-corrected chi connectivity index (χ1v) is 6.39. The lowest BCUT2D eigenvalue weighted by molar-refractivity contribution is -0.274. The van der Waals surface area contributed by atoms with Crippen LogP contribution >= 0.6 is 0 Å². The highest BCUT2D eigenvalue weighted by Crippen LogP contribution is 2.28. The summed E-state index contributed by atoms with van der Waals surface area (Å²) in [7, 11) is 1.21. The van der Waals surface area contributed by atoms with Crippen molar-refractivity contribution in [1.29, 1.82) is 0 Å². The summed E-state index contributed by atoms with van der Waals surface area (Å²) in [5.74, 6) is -2.07. The number of benzene rings is 1. The van der Waals surface area contributed by atoms with Crippen LogP contribution in [0.15, 0.2) is 18.2 Å². The van der Waals surface area contributed by atoms with Gasteiger partial charge in [-0.05, 0) is 31.0 Å². The summed E-state index contributed by atoms with van der Waals surface area (Å²) in [6.07, 6.45) is -4.78. The number of esters is 2. The van der Waals surface area contributed by atoms with Crippen molar-refractivity contribution in [2.45, 2.75) is 26.1 Å². The van der Waals surface area contributed by atoms with E-state index in [9.17, 15) is 22.8 Å². The molecule has 1 aromatic carbocycles. The molecule has 0 spiro atoms. The topological polar surface area (TPSA) is 61.8 Å². The number of hydrogen-bond acceptors (Lipinski definition) is 5. The zero-order valence-electron chi connectivity index (χ0n) is 12.0. The quantitative estimate of drug-likeness (QED) is 0.754. The molecule has 0 bridgehead atoms. The van der Waals surface area contributed by atoms with E-state index in [1.165, 1.54) is 26.2 Å². The summed E-state index contributed by atoms with van der Waals surface area (Å²) < 4.78 is 50.3. The molecule has 0 fully saturated rings. The Bertz CT molecular complexity index is 540. The first-order chi connectivity index (χ1) is 10.3. The third-order valence-electron chi connectivity index (χ3n) is 2.61. The Morgan fingerprint density at radius 1 is 1.23 bits per heavy atom. The predicted octanol–water partition coefficient (Wildman–Crippen LogP) is 2.87. The lowest BCUT2D eigenvalue weighted by Gasteiger charge is -2.14. The number of carbonyl (C=O) groups is 2. The number of carbonyl (C=O) groups excluding carboxylic acids is 2. The van der Waals surface area contributed by atoms with Crippen LogP contribution in [-0.4, -0.2) is 32.0 Å². The van der Waals surface area contributed by atoms with Gasteiger partial charge in [-0.2, -0.15) is 0 Å². The van der Waals surface area contributed by atoms with Crippen molar-refractivity contribution in [2.24, 2.45) is 0 Å². The molecule has 0 heterocycles. The van der Waals surface area contributed by atoms with Crippen molar-refractivity contribution < 1.29 is 37.0 Å². The molecule has 0 aliphatic rings. The van der Waals surface area contributed by atoms with Crippen LogP contribution in [0.1, 0.15) is 29.3 Å². The first-order valence-electron chi connectivity index (χ1n) is 6.39. The van der Waals surface area contributed by atoms with E-state index in [-0.39, 0.29) is 25.0 Å². The van der Waals surface area contributed by atoms with Crippen molar-refractivity contribution >= 4 is 11.9 Å². The number of methoxy groups -OCH3 is 1. The van der Waals surface area contributed by atoms with Crippen LogP contribution < -0.4 is 4.74 Å². The molecule has 0 radical (unpaired) electrons. The summed E-state index contributed by atoms with van der Waals surface area (Å²) in [6.45, 7) is 1.56. The van der Waals surface area contributed by atoms with Gasteiger partial charge in [-0.15, -0.1) is 13.2 Å². The van der Waals surface area contributed by atoms with Gasteiger partial charge >= 0.3 is 18.3 Å². The summed E-state index contributed by atoms with van der Waals surface area (Å²) in [6, 6.07) is 3.66. The second-order valence-electron chi connectivity index (χ2n) is 4.17. The lowest BCUT2D eigenvalue weighted by Crippen LogP contribution is -2.20. The fourth-order valence-corrected chi connectivity index (χ4v) is 1.66. The molecule has 122 valence electrons. The van der Waals surface area contributed by atoms with Crippen molar-refractivity contribution in [3.8, 4) is 5.75 Å². The third-order valence-corrected chi connectivity index (χ3v) is 2.61. The molecule has 5 nitrogen and oxygen atoms in total. The second kappa shape index (κ2) is 7.67. The molecular formula is C14H15F3O5. The fraction of sp³-hybridized carbons (Fsp3) is 0.429. The van der Waals surface area contributed by atoms with E-state index < -0.39 is 24.1 Å². The van der Waals surface area contributed by atoms with Gasteiger partial charge in [0.15, 0.2) is 0 Å². The molecule has 1 aromatic rings. The Kier molecular flexibility index (Phi) is 6.21. The summed E-state index contributed by atoms with van der Waals surface area (Å²) in [4.78, 5) is 22.7. The number of ether oxygens (including phenoxy) is 3. The van der Waals surface area contributed by atoms with Crippen molar-refractivity contribution in [3.05, 3.63) is 29.3 Å². The maximum atomic E-state index is 12.4. The van der Waals surface area contributed by atoms with Crippen molar-refractivity contribution in [3.63, 3.8) is 0 Å². The zero-order valence-corrected chi connectivity index (χ0v) is 12.0. The first kappa shape index (κ1) is 17.8. The molecule has 0 aromatic heterocycles. The number of alkyl halides is 3. The Morgan fingerprint density at radius 2 is 1.91 bits per heavy atom. The largest absolute Gasteiger partial charge is 0.573 e.